The Hall–Kier alpha value is -3.70. The van der Waals surface area contributed by atoms with E-state index < -0.39 is 12.0 Å². The third-order valence-electron chi connectivity index (χ3n) is 5.01. The molecule has 29 heavy (non-hydrogen) atoms. The monoisotopic (exact) mass is 401 g/mol. The van der Waals surface area contributed by atoms with Gasteiger partial charge in [0.15, 0.2) is 11.7 Å². The zero-order valence-electron chi connectivity index (χ0n) is 15.4. The lowest BCUT2D eigenvalue weighted by molar-refractivity contribution is 0.0966. The molecule has 0 aliphatic carbocycles. The number of nitrogens with one attached hydrogen (secondary N) is 1. The Morgan fingerprint density at radius 2 is 2.00 bits per heavy atom. The van der Waals surface area contributed by atoms with Crippen molar-refractivity contribution in [3.05, 3.63) is 76.1 Å². The summed E-state index contributed by atoms with van der Waals surface area (Å²) in [6, 6.07) is 13.0. The van der Waals surface area contributed by atoms with Gasteiger partial charge in [-0.05, 0) is 29.7 Å². The molecule has 0 fully saturated rings. The van der Waals surface area contributed by atoms with Crippen molar-refractivity contribution in [2.75, 3.05) is 12.0 Å². The van der Waals surface area contributed by atoms with Crippen molar-refractivity contribution in [1.82, 2.24) is 15.3 Å². The van der Waals surface area contributed by atoms with E-state index in [1.807, 2.05) is 40.6 Å². The Kier molecular flexibility index (Phi) is 4.03. The molecular weight excluding hydrogens is 386 g/mol. The van der Waals surface area contributed by atoms with E-state index in [9.17, 15) is 10.1 Å². The van der Waals surface area contributed by atoms with Gasteiger partial charge in [0.2, 0.25) is 0 Å². The Morgan fingerprint density at radius 3 is 2.69 bits per heavy atom. The molecule has 5 rings (SSSR count). The molecule has 142 valence electrons. The van der Waals surface area contributed by atoms with Crippen LogP contribution in [0.3, 0.4) is 0 Å². The van der Waals surface area contributed by atoms with Crippen LogP contribution in [0.4, 0.5) is 5.82 Å². The maximum absolute atomic E-state index is 12.6. The summed E-state index contributed by atoms with van der Waals surface area (Å²) in [6.45, 7) is 0. The minimum Gasteiger partial charge on any atom is -0.482 e. The molecule has 0 saturated carbocycles. The van der Waals surface area contributed by atoms with Crippen LogP contribution in [0.1, 0.15) is 21.3 Å². The number of carbonyl (C=O) groups excluding carboxylic acids is 1. The third kappa shape index (κ3) is 2.67. The van der Waals surface area contributed by atoms with E-state index in [0.29, 0.717) is 28.0 Å². The fraction of sp³-hybridized carbons (Fsp3) is 0.143. The number of thiophene rings is 1. The van der Waals surface area contributed by atoms with Crippen LogP contribution in [0.15, 0.2) is 65.5 Å². The molecule has 7 nitrogen and oxygen atoms in total. The average Bonchev–Trinajstić information content (AvgIpc) is 3.39. The number of carbonyl (C=O) groups is 1. The van der Waals surface area contributed by atoms with E-state index in [1.54, 1.807) is 25.3 Å². The summed E-state index contributed by atoms with van der Waals surface area (Å²) in [5.41, 5.74) is 2.65. The minimum atomic E-state index is -0.601. The zero-order chi connectivity index (χ0) is 20.0. The molecule has 2 aliphatic rings. The van der Waals surface area contributed by atoms with Gasteiger partial charge in [0.1, 0.15) is 17.7 Å². The van der Waals surface area contributed by atoms with Gasteiger partial charge in [-0.1, -0.05) is 18.2 Å². The van der Waals surface area contributed by atoms with Crippen LogP contribution < -0.4 is 10.2 Å². The SMILES string of the molecule is COC1=CC=C(NC(=O)c2cccs2)C2C(C#N)c3nc4ccccc4nc3N12. The second kappa shape index (κ2) is 6.72. The highest BCUT2D eigenvalue weighted by Crippen LogP contribution is 2.45. The predicted octanol–water partition coefficient (Wildman–Crippen LogP) is 3.30. The Bertz CT molecular complexity index is 1230. The highest BCUT2D eigenvalue weighted by Gasteiger charge is 2.47. The summed E-state index contributed by atoms with van der Waals surface area (Å²) >= 11 is 1.36. The predicted molar refractivity (Wildman–Crippen MR) is 109 cm³/mol. The van der Waals surface area contributed by atoms with Crippen LogP contribution in [0, 0.1) is 11.3 Å². The lowest BCUT2D eigenvalue weighted by atomic mass is 9.96. The van der Waals surface area contributed by atoms with Crippen LogP contribution >= 0.6 is 11.3 Å². The van der Waals surface area contributed by atoms with E-state index in [4.69, 9.17) is 14.7 Å². The maximum Gasteiger partial charge on any atom is 0.265 e. The highest BCUT2D eigenvalue weighted by atomic mass is 32.1. The molecule has 0 radical (unpaired) electrons. The molecule has 8 heteroatoms. The smallest absolute Gasteiger partial charge is 0.265 e. The quantitative estimate of drug-likeness (QED) is 0.724. The van der Waals surface area contributed by atoms with Gasteiger partial charge in [-0.15, -0.1) is 11.3 Å². The average molecular weight is 401 g/mol. The van der Waals surface area contributed by atoms with Crippen molar-refractivity contribution >= 4 is 34.1 Å². The molecular formula is C21H15N5O2S. The first-order valence-electron chi connectivity index (χ1n) is 8.97. The van der Waals surface area contributed by atoms with E-state index in [2.05, 4.69) is 11.4 Å². The topological polar surface area (TPSA) is 91.1 Å². The van der Waals surface area contributed by atoms with Gasteiger partial charge < -0.3 is 10.1 Å². The summed E-state index contributed by atoms with van der Waals surface area (Å²) in [5, 5.41) is 14.8. The van der Waals surface area contributed by atoms with E-state index in [1.165, 1.54) is 11.3 Å². The Labute approximate surface area is 170 Å². The minimum absolute atomic E-state index is 0.209. The van der Waals surface area contributed by atoms with Crippen molar-refractivity contribution in [2.45, 2.75) is 12.0 Å². The number of methoxy groups -OCH3 is 1. The lowest BCUT2D eigenvalue weighted by Crippen LogP contribution is -2.43. The first-order chi connectivity index (χ1) is 14.2. The number of para-hydroxylation sites is 2. The molecule has 2 atom stereocenters. The normalized spacial score (nSPS) is 19.7. The molecule has 3 aromatic rings. The number of benzene rings is 1. The van der Waals surface area contributed by atoms with Crippen LogP contribution in [0.25, 0.3) is 11.0 Å². The van der Waals surface area contributed by atoms with Crippen LogP contribution in [-0.2, 0) is 4.74 Å². The molecule has 0 spiro atoms. The number of allylic oxidation sites excluding steroid dienone is 2. The largest absolute Gasteiger partial charge is 0.482 e. The van der Waals surface area contributed by atoms with Crippen molar-refractivity contribution in [3.8, 4) is 6.07 Å². The van der Waals surface area contributed by atoms with Crippen molar-refractivity contribution < 1.29 is 9.53 Å². The molecule has 2 aliphatic heterocycles. The summed E-state index contributed by atoms with van der Waals surface area (Å²) in [5.74, 6) is 0.312. The van der Waals surface area contributed by atoms with Gasteiger partial charge in [-0.3, -0.25) is 9.69 Å². The first kappa shape index (κ1) is 17.4. The van der Waals surface area contributed by atoms with Gasteiger partial charge in [0.25, 0.3) is 5.91 Å². The van der Waals surface area contributed by atoms with E-state index in [-0.39, 0.29) is 5.91 Å². The fourth-order valence-electron chi connectivity index (χ4n) is 3.73. The molecule has 2 aromatic heterocycles. The Balaban J connectivity index is 1.62. The molecule has 2 unspecified atom stereocenters. The van der Waals surface area contributed by atoms with Gasteiger partial charge in [-0.2, -0.15) is 5.26 Å². The van der Waals surface area contributed by atoms with Crippen molar-refractivity contribution in [3.63, 3.8) is 0 Å². The van der Waals surface area contributed by atoms with E-state index >= 15 is 0 Å². The maximum atomic E-state index is 12.6. The van der Waals surface area contributed by atoms with Crippen LogP contribution in [0.2, 0.25) is 0 Å². The summed E-state index contributed by atoms with van der Waals surface area (Å²) in [4.78, 5) is 24.6. The summed E-state index contributed by atoms with van der Waals surface area (Å²) < 4.78 is 5.55. The van der Waals surface area contributed by atoms with Crippen LogP contribution in [0.5, 0.6) is 0 Å². The molecule has 1 amide bonds. The molecule has 0 bridgehead atoms. The first-order valence-corrected chi connectivity index (χ1v) is 9.85. The number of nitriles is 1. The number of hydrogen-bond donors (Lipinski definition) is 1. The lowest BCUT2D eigenvalue weighted by Gasteiger charge is -2.32. The number of ether oxygens (including phenoxy) is 1. The second-order valence-corrected chi connectivity index (χ2v) is 7.55. The van der Waals surface area contributed by atoms with E-state index in [0.717, 1.165) is 11.0 Å². The van der Waals surface area contributed by atoms with Gasteiger partial charge in [0.05, 0.1) is 29.1 Å². The number of fused-ring (bicyclic) bond motifs is 4. The van der Waals surface area contributed by atoms with Crippen molar-refractivity contribution in [1.29, 1.82) is 5.26 Å². The second-order valence-electron chi connectivity index (χ2n) is 6.61. The molecule has 1 aromatic carbocycles. The standard InChI is InChI=1S/C21H15N5O2S/c1-28-17-9-8-15(25-21(27)16-7-4-10-29-16)19-12(11-22)18-20(26(17)19)24-14-6-3-2-5-13(14)23-18/h2-10,12,19H,1H3,(H,25,27). The number of rotatable bonds is 3. The Morgan fingerprint density at radius 1 is 1.21 bits per heavy atom. The molecule has 1 N–H and O–H groups in total. The number of nitrogens with zero attached hydrogens (tertiary/aromatic N) is 4. The molecule has 0 saturated heterocycles. The third-order valence-corrected chi connectivity index (χ3v) is 5.88. The summed E-state index contributed by atoms with van der Waals surface area (Å²) in [6.07, 6.45) is 3.54. The highest BCUT2D eigenvalue weighted by molar-refractivity contribution is 7.12. The fourth-order valence-corrected chi connectivity index (χ4v) is 4.35. The number of hydrogen-bond acceptors (Lipinski definition) is 7. The van der Waals surface area contributed by atoms with Gasteiger partial charge in [0, 0.05) is 11.8 Å². The number of aromatic nitrogens is 2. The molecule has 4 heterocycles. The number of anilines is 1. The van der Waals surface area contributed by atoms with Gasteiger partial charge in [-0.25, -0.2) is 9.97 Å². The van der Waals surface area contributed by atoms with Crippen LogP contribution in [-0.4, -0.2) is 29.0 Å². The summed E-state index contributed by atoms with van der Waals surface area (Å²) in [7, 11) is 1.57. The van der Waals surface area contributed by atoms with Gasteiger partial charge >= 0.3 is 0 Å². The van der Waals surface area contributed by atoms with Crippen molar-refractivity contribution in [2.24, 2.45) is 0 Å². The number of amides is 1. The zero-order valence-corrected chi connectivity index (χ0v) is 16.2.